The second-order valence-electron chi connectivity index (χ2n) is 6.63. The Balaban J connectivity index is 1.71. The van der Waals surface area contributed by atoms with Crippen molar-refractivity contribution in [1.29, 1.82) is 0 Å². The molecule has 3 rings (SSSR count). The van der Waals surface area contributed by atoms with Gasteiger partial charge in [-0.05, 0) is 42.5 Å². The van der Waals surface area contributed by atoms with Crippen molar-refractivity contribution < 1.29 is 22.7 Å². The fraction of sp³-hybridized carbons (Fsp3) is 0.0909. The van der Waals surface area contributed by atoms with E-state index in [2.05, 4.69) is 10.9 Å². The molecule has 0 aliphatic rings. The van der Waals surface area contributed by atoms with E-state index in [1.54, 1.807) is 36.4 Å². The maximum atomic E-state index is 12.6. The SMILES string of the molecule is CN(C)S(=O)(=O)c1cccc(C(=O)NNC(=O)c2ccccc2Oc2ccccc2)c1. The van der Waals surface area contributed by atoms with Gasteiger partial charge in [-0.1, -0.05) is 36.4 Å². The van der Waals surface area contributed by atoms with Crippen LogP contribution in [-0.4, -0.2) is 38.6 Å². The summed E-state index contributed by atoms with van der Waals surface area (Å²) in [5.74, 6) is -0.368. The Labute approximate surface area is 180 Å². The fourth-order valence-electron chi connectivity index (χ4n) is 2.62. The molecule has 0 atom stereocenters. The van der Waals surface area contributed by atoms with Gasteiger partial charge in [0.25, 0.3) is 11.8 Å². The van der Waals surface area contributed by atoms with Crippen LogP contribution in [0, 0.1) is 0 Å². The average molecular weight is 439 g/mol. The first-order valence-corrected chi connectivity index (χ1v) is 10.7. The van der Waals surface area contributed by atoms with Gasteiger partial charge in [-0.25, -0.2) is 12.7 Å². The van der Waals surface area contributed by atoms with Crippen molar-refractivity contribution in [1.82, 2.24) is 15.2 Å². The van der Waals surface area contributed by atoms with Gasteiger partial charge in [0.1, 0.15) is 11.5 Å². The predicted octanol–water partition coefficient (Wildman–Crippen LogP) is 2.80. The van der Waals surface area contributed by atoms with Gasteiger partial charge < -0.3 is 4.74 Å². The van der Waals surface area contributed by atoms with Crippen LogP contribution in [0.3, 0.4) is 0 Å². The molecule has 0 fully saturated rings. The van der Waals surface area contributed by atoms with Crippen molar-refractivity contribution in [2.75, 3.05) is 14.1 Å². The Bertz CT molecular complexity index is 1190. The lowest BCUT2D eigenvalue weighted by molar-refractivity contribution is 0.0845. The molecule has 0 spiro atoms. The number of para-hydroxylation sites is 2. The molecule has 0 unspecified atom stereocenters. The minimum absolute atomic E-state index is 0.0296. The molecule has 160 valence electrons. The highest BCUT2D eigenvalue weighted by Crippen LogP contribution is 2.24. The first-order chi connectivity index (χ1) is 14.8. The number of benzene rings is 3. The van der Waals surface area contributed by atoms with Crippen molar-refractivity contribution in [3.8, 4) is 11.5 Å². The summed E-state index contributed by atoms with van der Waals surface area (Å²) in [4.78, 5) is 25.0. The number of amides is 2. The van der Waals surface area contributed by atoms with Crippen molar-refractivity contribution >= 4 is 21.8 Å². The molecule has 0 saturated heterocycles. The number of sulfonamides is 1. The molecule has 0 bridgehead atoms. The van der Waals surface area contributed by atoms with E-state index in [0.29, 0.717) is 11.5 Å². The molecule has 0 aliphatic carbocycles. The van der Waals surface area contributed by atoms with Crippen LogP contribution in [0.15, 0.2) is 83.8 Å². The molecular formula is C22H21N3O5S. The highest BCUT2D eigenvalue weighted by atomic mass is 32.2. The van der Waals surface area contributed by atoms with Crippen LogP contribution in [-0.2, 0) is 10.0 Å². The Hall–Kier alpha value is -3.69. The molecule has 0 aliphatic heterocycles. The summed E-state index contributed by atoms with van der Waals surface area (Å²) in [6, 6.07) is 21.1. The third kappa shape index (κ3) is 5.27. The molecule has 8 nitrogen and oxygen atoms in total. The lowest BCUT2D eigenvalue weighted by Gasteiger charge is -2.13. The van der Waals surface area contributed by atoms with Gasteiger partial charge in [0.15, 0.2) is 0 Å². The number of carbonyl (C=O) groups excluding carboxylic acids is 2. The number of carbonyl (C=O) groups is 2. The van der Waals surface area contributed by atoms with Crippen molar-refractivity contribution in [2.45, 2.75) is 4.90 Å². The smallest absolute Gasteiger partial charge is 0.273 e. The second kappa shape index (κ2) is 9.41. The minimum atomic E-state index is -3.69. The maximum Gasteiger partial charge on any atom is 0.273 e. The first kappa shape index (κ1) is 22.0. The molecule has 0 heterocycles. The van der Waals surface area contributed by atoms with Gasteiger partial charge in [0.2, 0.25) is 10.0 Å². The third-order valence-corrected chi connectivity index (χ3v) is 6.08. The molecule has 3 aromatic rings. The van der Waals surface area contributed by atoms with E-state index in [9.17, 15) is 18.0 Å². The number of nitrogens with one attached hydrogen (secondary N) is 2. The largest absolute Gasteiger partial charge is 0.457 e. The first-order valence-electron chi connectivity index (χ1n) is 9.24. The molecule has 31 heavy (non-hydrogen) atoms. The predicted molar refractivity (Wildman–Crippen MR) is 115 cm³/mol. The molecule has 2 N–H and O–H groups in total. The number of hydrogen-bond donors (Lipinski definition) is 2. The van der Waals surface area contributed by atoms with E-state index in [4.69, 9.17) is 4.74 Å². The molecule has 0 radical (unpaired) electrons. The van der Waals surface area contributed by atoms with Crippen LogP contribution in [0.2, 0.25) is 0 Å². The summed E-state index contributed by atoms with van der Waals surface area (Å²) < 4.78 is 31.3. The summed E-state index contributed by atoms with van der Waals surface area (Å²) in [5, 5.41) is 0. The number of ether oxygens (including phenoxy) is 1. The zero-order valence-corrected chi connectivity index (χ0v) is 17.7. The quantitative estimate of drug-likeness (QED) is 0.575. The molecule has 0 aromatic heterocycles. The van der Waals surface area contributed by atoms with Crippen LogP contribution >= 0.6 is 0 Å². The van der Waals surface area contributed by atoms with E-state index in [1.807, 2.05) is 18.2 Å². The molecule has 9 heteroatoms. The van der Waals surface area contributed by atoms with Gasteiger partial charge in [0, 0.05) is 19.7 Å². The normalized spacial score (nSPS) is 11.1. The standard InChI is InChI=1S/C22H21N3O5S/c1-25(2)31(28,29)18-12-8-9-16(15-18)21(26)23-24-22(27)19-13-6-7-14-20(19)30-17-10-4-3-5-11-17/h3-15H,1-2H3,(H,23,26)(H,24,27). The lowest BCUT2D eigenvalue weighted by Crippen LogP contribution is -2.41. The Kier molecular flexibility index (Phi) is 6.68. The topological polar surface area (TPSA) is 105 Å². The van der Waals surface area contributed by atoms with E-state index < -0.39 is 21.8 Å². The number of hydrazine groups is 1. The van der Waals surface area contributed by atoms with E-state index in [0.717, 1.165) is 4.31 Å². The maximum absolute atomic E-state index is 12.6. The van der Waals surface area contributed by atoms with Crippen molar-refractivity contribution in [2.24, 2.45) is 0 Å². The second-order valence-corrected chi connectivity index (χ2v) is 8.79. The van der Waals surface area contributed by atoms with Crippen LogP contribution in [0.4, 0.5) is 0 Å². The highest BCUT2D eigenvalue weighted by Gasteiger charge is 2.19. The van der Waals surface area contributed by atoms with Crippen LogP contribution in [0.1, 0.15) is 20.7 Å². The highest BCUT2D eigenvalue weighted by molar-refractivity contribution is 7.89. The molecule has 2 amide bonds. The van der Waals surface area contributed by atoms with Gasteiger partial charge in [0.05, 0.1) is 10.5 Å². The zero-order valence-electron chi connectivity index (χ0n) is 16.9. The number of hydrogen-bond acceptors (Lipinski definition) is 5. The lowest BCUT2D eigenvalue weighted by atomic mass is 10.2. The average Bonchev–Trinajstić information content (AvgIpc) is 2.78. The number of rotatable bonds is 6. The fourth-order valence-corrected chi connectivity index (χ4v) is 3.57. The minimum Gasteiger partial charge on any atom is -0.457 e. The Morgan fingerprint density at radius 3 is 2.16 bits per heavy atom. The molecular weight excluding hydrogens is 418 g/mol. The molecule has 3 aromatic carbocycles. The summed E-state index contributed by atoms with van der Waals surface area (Å²) in [7, 11) is -0.893. The Morgan fingerprint density at radius 2 is 1.45 bits per heavy atom. The number of nitrogens with zero attached hydrogens (tertiary/aromatic N) is 1. The van der Waals surface area contributed by atoms with E-state index in [-0.39, 0.29) is 16.0 Å². The van der Waals surface area contributed by atoms with Crippen LogP contribution in [0.25, 0.3) is 0 Å². The summed E-state index contributed by atoms with van der Waals surface area (Å²) in [6.45, 7) is 0. The Morgan fingerprint density at radius 1 is 0.806 bits per heavy atom. The van der Waals surface area contributed by atoms with Crippen LogP contribution < -0.4 is 15.6 Å². The van der Waals surface area contributed by atoms with Gasteiger partial charge >= 0.3 is 0 Å². The summed E-state index contributed by atoms with van der Waals surface area (Å²) in [6.07, 6.45) is 0. The van der Waals surface area contributed by atoms with Gasteiger partial charge in [-0.15, -0.1) is 0 Å². The van der Waals surface area contributed by atoms with E-state index >= 15 is 0 Å². The zero-order chi connectivity index (χ0) is 22.4. The third-order valence-electron chi connectivity index (χ3n) is 4.27. The van der Waals surface area contributed by atoms with E-state index in [1.165, 1.54) is 38.4 Å². The van der Waals surface area contributed by atoms with Crippen molar-refractivity contribution in [3.63, 3.8) is 0 Å². The van der Waals surface area contributed by atoms with Gasteiger partial charge in [-0.2, -0.15) is 0 Å². The molecule has 0 saturated carbocycles. The van der Waals surface area contributed by atoms with Gasteiger partial charge in [-0.3, -0.25) is 20.4 Å². The monoisotopic (exact) mass is 439 g/mol. The van der Waals surface area contributed by atoms with Crippen LogP contribution in [0.5, 0.6) is 11.5 Å². The summed E-state index contributed by atoms with van der Waals surface area (Å²) >= 11 is 0. The van der Waals surface area contributed by atoms with Crippen molar-refractivity contribution in [3.05, 3.63) is 90.0 Å². The summed E-state index contributed by atoms with van der Waals surface area (Å²) in [5.41, 5.74) is 4.92.